The van der Waals surface area contributed by atoms with Crippen molar-refractivity contribution >= 4 is 60.6 Å². The van der Waals surface area contributed by atoms with Gasteiger partial charge in [0.25, 0.3) is 0 Å². The van der Waals surface area contributed by atoms with E-state index in [2.05, 4.69) is 31.9 Å². The highest BCUT2D eigenvalue weighted by atomic mass is 79.9. The van der Waals surface area contributed by atoms with Crippen LogP contribution in [0.5, 0.6) is 5.75 Å². The van der Waals surface area contributed by atoms with E-state index in [0.29, 0.717) is 21.9 Å². The highest BCUT2D eigenvalue weighted by Crippen LogP contribution is 2.34. The van der Waals surface area contributed by atoms with Gasteiger partial charge in [0.15, 0.2) is 5.78 Å². The molecule has 0 saturated heterocycles. The zero-order valence-corrected chi connectivity index (χ0v) is 13.9. The molecule has 0 saturated carbocycles. The van der Waals surface area contributed by atoms with Crippen LogP contribution < -0.4 is 4.74 Å². The zero-order chi connectivity index (χ0) is 13.3. The van der Waals surface area contributed by atoms with Crippen molar-refractivity contribution in [3.05, 3.63) is 48.0 Å². The Morgan fingerprint density at radius 2 is 2.06 bits per heavy atom. The molecule has 2 nitrogen and oxygen atoms in total. The van der Waals surface area contributed by atoms with Gasteiger partial charge in [0.2, 0.25) is 0 Å². The molecule has 18 heavy (non-hydrogen) atoms. The number of ether oxygens (including phenoxy) is 1. The smallest absolute Gasteiger partial charge is 0.195 e. The van der Waals surface area contributed by atoms with E-state index in [9.17, 15) is 4.79 Å². The van der Waals surface area contributed by atoms with Crippen LogP contribution >= 0.6 is 54.8 Å². The zero-order valence-electron chi connectivity index (χ0n) is 9.17. The van der Waals surface area contributed by atoms with Crippen LogP contribution in [0.25, 0.3) is 0 Å². The largest absolute Gasteiger partial charge is 0.495 e. The summed E-state index contributed by atoms with van der Waals surface area (Å²) >= 11 is 14.1. The third-order valence-electron chi connectivity index (χ3n) is 2.31. The Morgan fingerprint density at radius 3 is 2.61 bits per heavy atom. The number of benzene rings is 1. The summed E-state index contributed by atoms with van der Waals surface area (Å²) in [6, 6.07) is 6.77. The monoisotopic (exact) mass is 408 g/mol. The summed E-state index contributed by atoms with van der Waals surface area (Å²) in [5.41, 5.74) is 1.17. The predicted octanol–water partition coefficient (Wildman–Crippen LogP) is 5.17. The number of carbonyl (C=O) groups is 1. The summed E-state index contributed by atoms with van der Waals surface area (Å²) in [5.74, 6) is 0.423. The van der Waals surface area contributed by atoms with Crippen molar-refractivity contribution in [3.8, 4) is 5.75 Å². The Labute approximate surface area is 130 Å². The van der Waals surface area contributed by atoms with Crippen molar-refractivity contribution in [2.24, 2.45) is 0 Å². The second-order valence-corrected chi connectivity index (χ2v) is 7.57. The molecule has 1 aromatic carbocycles. The van der Waals surface area contributed by atoms with Gasteiger partial charge in [-0.15, -0.1) is 11.3 Å². The summed E-state index contributed by atoms with van der Waals surface area (Å²) in [5, 5.41) is 0.486. The second-order valence-electron chi connectivity index (χ2n) is 3.42. The molecular weight excluding hydrogens is 403 g/mol. The first kappa shape index (κ1) is 14.1. The maximum atomic E-state index is 12.3. The van der Waals surface area contributed by atoms with E-state index in [1.807, 2.05) is 0 Å². The number of rotatable bonds is 3. The second kappa shape index (κ2) is 5.74. The fourth-order valence-electron chi connectivity index (χ4n) is 1.45. The summed E-state index contributed by atoms with van der Waals surface area (Å²) in [6.45, 7) is 0. The Morgan fingerprint density at radius 1 is 1.33 bits per heavy atom. The van der Waals surface area contributed by atoms with E-state index in [-0.39, 0.29) is 5.78 Å². The molecule has 0 fully saturated rings. The van der Waals surface area contributed by atoms with Gasteiger partial charge in [0.1, 0.15) is 5.75 Å². The van der Waals surface area contributed by atoms with E-state index in [1.54, 1.807) is 24.3 Å². The lowest BCUT2D eigenvalue weighted by atomic mass is 10.1. The lowest BCUT2D eigenvalue weighted by molar-refractivity contribution is 0.103. The van der Waals surface area contributed by atoms with Gasteiger partial charge in [-0.05, 0) is 56.1 Å². The topological polar surface area (TPSA) is 26.3 Å². The first-order valence-electron chi connectivity index (χ1n) is 4.86. The van der Waals surface area contributed by atoms with Crippen molar-refractivity contribution in [2.45, 2.75) is 0 Å². The van der Waals surface area contributed by atoms with Gasteiger partial charge in [-0.25, -0.2) is 0 Å². The molecule has 0 radical (unpaired) electrons. The number of ketones is 1. The Kier molecular flexibility index (Phi) is 4.48. The summed E-state index contributed by atoms with van der Waals surface area (Å²) in [4.78, 5) is 12.3. The van der Waals surface area contributed by atoms with E-state index >= 15 is 0 Å². The number of halogens is 3. The van der Waals surface area contributed by atoms with Gasteiger partial charge in [0.05, 0.1) is 19.7 Å². The molecule has 6 heteroatoms. The minimum atomic E-state index is -0.0706. The Bertz CT molecular complexity index is 610. The first-order valence-corrected chi connectivity index (χ1v) is 7.64. The van der Waals surface area contributed by atoms with Crippen LogP contribution in [-0.4, -0.2) is 12.9 Å². The fraction of sp³-hybridized carbons (Fsp3) is 0.0833. The third kappa shape index (κ3) is 2.79. The van der Waals surface area contributed by atoms with Crippen LogP contribution in [0, 0.1) is 0 Å². The van der Waals surface area contributed by atoms with Crippen molar-refractivity contribution < 1.29 is 9.53 Å². The number of carbonyl (C=O) groups excluding carboxylic acids is 1. The average Bonchev–Trinajstić information content (AvgIpc) is 2.68. The Hall–Kier alpha value is -0.360. The van der Waals surface area contributed by atoms with E-state index in [1.165, 1.54) is 18.4 Å². The number of hydrogen-bond donors (Lipinski definition) is 0. The van der Waals surface area contributed by atoms with Crippen LogP contribution in [0.1, 0.15) is 15.9 Å². The molecule has 94 valence electrons. The van der Waals surface area contributed by atoms with Crippen LogP contribution in [0.4, 0.5) is 0 Å². The van der Waals surface area contributed by atoms with Gasteiger partial charge in [0, 0.05) is 11.1 Å². The molecule has 0 aliphatic heterocycles. The summed E-state index contributed by atoms with van der Waals surface area (Å²) in [7, 11) is 1.52. The number of thiophene rings is 1. The highest BCUT2D eigenvalue weighted by Gasteiger charge is 2.17. The predicted molar refractivity (Wildman–Crippen MR) is 81.2 cm³/mol. The standard InChI is InChI=1S/C12H7Br2ClO2S/c1-17-9-4-6(2-3-8(9)15)11(16)7-5-10(13)18-12(7)14/h2-5H,1H3. The SMILES string of the molecule is COc1cc(C(=O)c2cc(Br)sc2Br)ccc1Cl. The molecule has 0 aliphatic rings. The number of methoxy groups -OCH3 is 1. The molecule has 2 aromatic rings. The van der Waals surface area contributed by atoms with Gasteiger partial charge >= 0.3 is 0 Å². The molecule has 0 aliphatic carbocycles. The van der Waals surface area contributed by atoms with Crippen molar-refractivity contribution in [3.63, 3.8) is 0 Å². The third-order valence-corrected chi connectivity index (χ3v) is 4.97. The quantitative estimate of drug-likeness (QED) is 0.653. The molecule has 1 heterocycles. The van der Waals surface area contributed by atoms with E-state index in [4.69, 9.17) is 16.3 Å². The van der Waals surface area contributed by atoms with Crippen LogP contribution in [0.15, 0.2) is 31.8 Å². The molecule has 0 atom stereocenters. The lowest BCUT2D eigenvalue weighted by Gasteiger charge is -2.05. The molecule has 0 spiro atoms. The molecule has 0 N–H and O–H groups in total. The van der Waals surface area contributed by atoms with Crippen LogP contribution in [0.2, 0.25) is 5.02 Å². The molecule has 0 amide bonds. The molecule has 0 bridgehead atoms. The minimum Gasteiger partial charge on any atom is -0.495 e. The molecular formula is C12H7Br2ClO2S. The average molecular weight is 411 g/mol. The fourth-order valence-corrected chi connectivity index (χ4v) is 4.44. The van der Waals surface area contributed by atoms with Crippen LogP contribution in [-0.2, 0) is 0 Å². The van der Waals surface area contributed by atoms with Gasteiger partial charge in [-0.3, -0.25) is 4.79 Å². The van der Waals surface area contributed by atoms with Gasteiger partial charge in [-0.2, -0.15) is 0 Å². The number of hydrogen-bond acceptors (Lipinski definition) is 3. The Balaban J connectivity index is 2.43. The van der Waals surface area contributed by atoms with Gasteiger partial charge < -0.3 is 4.74 Å². The molecule has 1 aromatic heterocycles. The van der Waals surface area contributed by atoms with Crippen molar-refractivity contribution in [1.29, 1.82) is 0 Å². The van der Waals surface area contributed by atoms with Crippen LogP contribution in [0.3, 0.4) is 0 Å². The van der Waals surface area contributed by atoms with E-state index < -0.39 is 0 Å². The maximum Gasteiger partial charge on any atom is 0.195 e. The van der Waals surface area contributed by atoms with Crippen molar-refractivity contribution in [1.82, 2.24) is 0 Å². The normalized spacial score (nSPS) is 10.4. The van der Waals surface area contributed by atoms with E-state index in [0.717, 1.165) is 7.57 Å². The molecule has 0 unspecified atom stereocenters. The summed E-state index contributed by atoms with van der Waals surface area (Å²) in [6.07, 6.45) is 0. The first-order chi connectivity index (χ1) is 8.52. The summed E-state index contributed by atoms with van der Waals surface area (Å²) < 4.78 is 6.81. The van der Waals surface area contributed by atoms with Gasteiger partial charge in [-0.1, -0.05) is 11.6 Å². The highest BCUT2D eigenvalue weighted by molar-refractivity contribution is 9.12. The molecule has 2 rings (SSSR count). The lowest BCUT2D eigenvalue weighted by Crippen LogP contribution is -2.01. The minimum absolute atomic E-state index is 0.0706. The van der Waals surface area contributed by atoms with Crippen molar-refractivity contribution in [2.75, 3.05) is 7.11 Å². The maximum absolute atomic E-state index is 12.3.